The molecule has 1 N–H and O–H groups in total. The summed E-state index contributed by atoms with van der Waals surface area (Å²) in [7, 11) is -3.79. The van der Waals surface area contributed by atoms with E-state index in [0.717, 1.165) is 30.4 Å². The predicted molar refractivity (Wildman–Crippen MR) is 110 cm³/mol. The highest BCUT2D eigenvalue weighted by Gasteiger charge is 2.37. The molecule has 152 valence electrons. The van der Waals surface area contributed by atoms with E-state index in [0.29, 0.717) is 28.2 Å². The zero-order chi connectivity index (χ0) is 20.2. The van der Waals surface area contributed by atoms with Gasteiger partial charge in [-0.25, -0.2) is 13.1 Å². The van der Waals surface area contributed by atoms with Crippen LogP contribution in [-0.2, 0) is 27.8 Å². The van der Waals surface area contributed by atoms with E-state index in [2.05, 4.69) is 20.7 Å². The summed E-state index contributed by atoms with van der Waals surface area (Å²) in [4.78, 5) is 14.4. The Labute approximate surface area is 177 Å². The number of hydrogen-bond donors (Lipinski definition) is 1. The minimum absolute atomic E-state index is 0.0915. The number of anilines is 1. The topological polar surface area (TPSA) is 84.9 Å². The van der Waals surface area contributed by atoms with Gasteiger partial charge in [0.1, 0.15) is 0 Å². The first-order valence-electron chi connectivity index (χ1n) is 9.44. The van der Waals surface area contributed by atoms with E-state index in [9.17, 15) is 13.2 Å². The van der Waals surface area contributed by atoms with Crippen LogP contribution < -0.4 is 19.1 Å². The van der Waals surface area contributed by atoms with Gasteiger partial charge in [0, 0.05) is 29.2 Å². The van der Waals surface area contributed by atoms with Gasteiger partial charge in [-0.1, -0.05) is 6.07 Å². The number of halogens is 1. The van der Waals surface area contributed by atoms with Crippen molar-refractivity contribution in [2.75, 3.05) is 18.2 Å². The molecule has 0 radical (unpaired) electrons. The Morgan fingerprint density at radius 2 is 1.97 bits per heavy atom. The Morgan fingerprint density at radius 3 is 2.76 bits per heavy atom. The number of sulfonamides is 1. The quantitative estimate of drug-likeness (QED) is 0.713. The van der Waals surface area contributed by atoms with E-state index < -0.39 is 10.0 Å². The Hall–Kier alpha value is -2.10. The van der Waals surface area contributed by atoms with E-state index in [1.54, 1.807) is 29.2 Å². The van der Waals surface area contributed by atoms with Gasteiger partial charge in [0.2, 0.25) is 22.7 Å². The first kappa shape index (κ1) is 18.9. The summed E-state index contributed by atoms with van der Waals surface area (Å²) in [5, 5.41) is 0. The summed E-state index contributed by atoms with van der Waals surface area (Å²) in [6.07, 6.45) is 2.57. The maximum Gasteiger partial charge on any atom is 0.242 e. The highest BCUT2D eigenvalue weighted by molar-refractivity contribution is 9.10. The van der Waals surface area contributed by atoms with E-state index >= 15 is 0 Å². The summed E-state index contributed by atoms with van der Waals surface area (Å²) in [5.41, 5.74) is 2.45. The summed E-state index contributed by atoms with van der Waals surface area (Å²) >= 11 is 3.39. The molecular formula is C20H19BrN2O5S. The van der Waals surface area contributed by atoms with Gasteiger partial charge in [0.25, 0.3) is 0 Å². The van der Waals surface area contributed by atoms with Gasteiger partial charge in [-0.05, 0) is 70.6 Å². The smallest absolute Gasteiger partial charge is 0.242 e. The van der Waals surface area contributed by atoms with Crippen molar-refractivity contribution in [1.82, 2.24) is 4.72 Å². The molecule has 9 heteroatoms. The molecule has 0 saturated heterocycles. The average Bonchev–Trinajstić information content (AvgIpc) is 3.31. The number of amides is 1. The normalized spacial score (nSPS) is 17.5. The number of carbonyl (C=O) groups excluding carboxylic acids is 1. The Bertz CT molecular complexity index is 1110. The fraction of sp³-hybridized carbons (Fsp3) is 0.350. The molecule has 3 aliphatic rings. The van der Waals surface area contributed by atoms with Crippen LogP contribution >= 0.6 is 15.9 Å². The minimum atomic E-state index is -3.79. The van der Waals surface area contributed by atoms with Gasteiger partial charge in [-0.3, -0.25) is 4.79 Å². The van der Waals surface area contributed by atoms with Gasteiger partial charge < -0.3 is 14.4 Å². The lowest BCUT2D eigenvalue weighted by atomic mass is 10.2. The number of benzene rings is 2. The van der Waals surface area contributed by atoms with Crippen molar-refractivity contribution in [2.24, 2.45) is 5.92 Å². The molecule has 0 atom stereocenters. The van der Waals surface area contributed by atoms with Crippen molar-refractivity contribution in [3.63, 3.8) is 0 Å². The number of hydrogen-bond acceptors (Lipinski definition) is 5. The summed E-state index contributed by atoms with van der Waals surface area (Å²) in [6, 6.07) is 8.74. The molecule has 29 heavy (non-hydrogen) atoms. The number of nitrogens with one attached hydrogen (secondary N) is 1. The van der Waals surface area contributed by atoms with Crippen molar-refractivity contribution in [3.8, 4) is 11.5 Å². The lowest BCUT2D eigenvalue weighted by molar-refractivity contribution is -0.119. The number of fused-ring (bicyclic) bond motifs is 2. The lowest BCUT2D eigenvalue weighted by Crippen LogP contribution is -2.30. The minimum Gasteiger partial charge on any atom is -0.454 e. The lowest BCUT2D eigenvalue weighted by Gasteiger charge is -2.18. The third-order valence-electron chi connectivity index (χ3n) is 5.41. The van der Waals surface area contributed by atoms with Crippen LogP contribution in [0.3, 0.4) is 0 Å². The molecule has 2 aromatic carbocycles. The van der Waals surface area contributed by atoms with Crippen LogP contribution in [0, 0.1) is 5.92 Å². The van der Waals surface area contributed by atoms with Crippen LogP contribution in [-0.4, -0.2) is 27.7 Å². The standard InChI is InChI=1S/C20H19BrN2O5S/c21-15-8-14-5-6-23(20(24)13-2-3-13)16(14)9-19(15)29(25,26)22-10-12-1-4-17-18(7-12)28-11-27-17/h1,4,7-9,13,22H,2-3,5-6,10-11H2. The van der Waals surface area contributed by atoms with Crippen molar-refractivity contribution >= 4 is 37.5 Å². The first-order chi connectivity index (χ1) is 13.9. The maximum atomic E-state index is 13.0. The van der Waals surface area contributed by atoms with Crippen LogP contribution in [0.2, 0.25) is 0 Å². The third-order valence-corrected chi connectivity index (χ3v) is 7.77. The summed E-state index contributed by atoms with van der Waals surface area (Å²) in [6.45, 7) is 0.890. The molecule has 1 saturated carbocycles. The molecule has 5 rings (SSSR count). The second kappa shape index (κ2) is 7.00. The molecule has 0 spiro atoms. The molecule has 1 amide bonds. The molecule has 0 bridgehead atoms. The van der Waals surface area contributed by atoms with Gasteiger partial charge in [0.15, 0.2) is 11.5 Å². The SMILES string of the molecule is O=C(C1CC1)N1CCc2cc(Br)c(S(=O)(=O)NCc3ccc4c(c3)OCO4)cc21. The van der Waals surface area contributed by atoms with E-state index in [4.69, 9.17) is 9.47 Å². The molecule has 0 unspecified atom stereocenters. The second-order valence-corrected chi connectivity index (χ2v) is 10.0. The molecule has 0 aromatic heterocycles. The largest absolute Gasteiger partial charge is 0.454 e. The van der Waals surface area contributed by atoms with Crippen LogP contribution in [0.4, 0.5) is 5.69 Å². The average molecular weight is 479 g/mol. The summed E-state index contributed by atoms with van der Waals surface area (Å²) in [5.74, 6) is 1.45. The first-order valence-corrected chi connectivity index (χ1v) is 11.7. The van der Waals surface area contributed by atoms with Crippen molar-refractivity contribution in [3.05, 3.63) is 45.9 Å². The molecule has 2 heterocycles. The highest BCUT2D eigenvalue weighted by atomic mass is 79.9. The number of nitrogens with zero attached hydrogens (tertiary/aromatic N) is 1. The molecule has 1 aliphatic carbocycles. The number of ether oxygens (including phenoxy) is 2. The van der Waals surface area contributed by atoms with E-state index in [-0.39, 0.29) is 30.1 Å². The van der Waals surface area contributed by atoms with Gasteiger partial charge in [-0.15, -0.1) is 0 Å². The molecule has 7 nitrogen and oxygen atoms in total. The van der Waals surface area contributed by atoms with E-state index in [1.807, 2.05) is 6.07 Å². The van der Waals surface area contributed by atoms with Crippen molar-refractivity contribution in [2.45, 2.75) is 30.7 Å². The van der Waals surface area contributed by atoms with Crippen molar-refractivity contribution < 1.29 is 22.7 Å². The number of carbonyl (C=O) groups is 1. The van der Waals surface area contributed by atoms with E-state index in [1.165, 1.54) is 0 Å². The van der Waals surface area contributed by atoms with Crippen LogP contribution in [0.1, 0.15) is 24.0 Å². The van der Waals surface area contributed by atoms with Crippen molar-refractivity contribution in [1.29, 1.82) is 0 Å². The highest BCUT2D eigenvalue weighted by Crippen LogP contribution is 2.39. The Morgan fingerprint density at radius 1 is 1.17 bits per heavy atom. The zero-order valence-electron chi connectivity index (χ0n) is 15.5. The van der Waals surface area contributed by atoms with Gasteiger partial charge >= 0.3 is 0 Å². The zero-order valence-corrected chi connectivity index (χ0v) is 17.9. The van der Waals surface area contributed by atoms with Crippen LogP contribution in [0.15, 0.2) is 39.7 Å². The molecular weight excluding hydrogens is 460 g/mol. The monoisotopic (exact) mass is 478 g/mol. The molecule has 2 aromatic rings. The fourth-order valence-electron chi connectivity index (χ4n) is 3.68. The fourth-order valence-corrected chi connectivity index (χ4v) is 5.81. The van der Waals surface area contributed by atoms with Crippen LogP contribution in [0.25, 0.3) is 0 Å². The number of rotatable bonds is 5. The predicted octanol–water partition coefficient (Wildman–Crippen LogP) is 2.96. The molecule has 2 aliphatic heterocycles. The maximum absolute atomic E-state index is 13.0. The molecule has 1 fully saturated rings. The Balaban J connectivity index is 1.39. The van der Waals surface area contributed by atoms with Gasteiger partial charge in [0.05, 0.1) is 4.90 Å². The summed E-state index contributed by atoms with van der Waals surface area (Å²) < 4.78 is 39.7. The Kier molecular flexibility index (Phi) is 4.56. The third kappa shape index (κ3) is 3.51. The van der Waals surface area contributed by atoms with Crippen LogP contribution in [0.5, 0.6) is 11.5 Å². The van der Waals surface area contributed by atoms with Gasteiger partial charge in [-0.2, -0.15) is 0 Å². The second-order valence-electron chi connectivity index (χ2n) is 7.44.